The summed E-state index contributed by atoms with van der Waals surface area (Å²) in [5, 5.41) is 4.00. The van der Waals surface area contributed by atoms with Crippen LogP contribution in [-0.4, -0.2) is 20.6 Å². The molecule has 0 radical (unpaired) electrons. The Bertz CT molecular complexity index is 864. The summed E-state index contributed by atoms with van der Waals surface area (Å²) in [7, 11) is -3.22. The number of rotatable bonds is 6. The highest BCUT2D eigenvalue weighted by atomic mass is 35.5. The zero-order chi connectivity index (χ0) is 18.6. The number of hydrogen-bond donors (Lipinski definition) is 1. The number of carbonyl (C=O) groups is 1. The van der Waals surface area contributed by atoms with Gasteiger partial charge in [0.15, 0.2) is 9.84 Å². The Morgan fingerprint density at radius 3 is 2.32 bits per heavy atom. The molecule has 0 aliphatic heterocycles. The van der Waals surface area contributed by atoms with Crippen molar-refractivity contribution in [3.8, 4) is 0 Å². The van der Waals surface area contributed by atoms with Gasteiger partial charge in [-0.3, -0.25) is 4.79 Å². The number of aryl methyl sites for hydroxylation is 1. The van der Waals surface area contributed by atoms with Crippen LogP contribution in [-0.2, 0) is 21.1 Å². The Morgan fingerprint density at radius 2 is 1.76 bits per heavy atom. The first kappa shape index (κ1) is 19.8. The van der Waals surface area contributed by atoms with Crippen LogP contribution in [0.3, 0.4) is 0 Å². The minimum absolute atomic E-state index is 0.106. The maximum Gasteiger partial charge on any atom is 0.220 e. The molecule has 0 fully saturated rings. The van der Waals surface area contributed by atoms with E-state index in [1.54, 1.807) is 36.4 Å². The Hall–Kier alpha value is -1.56. The van der Waals surface area contributed by atoms with Crippen molar-refractivity contribution in [2.75, 3.05) is 6.26 Å². The number of nitrogens with one attached hydrogen (secondary N) is 1. The Labute approximate surface area is 158 Å². The minimum atomic E-state index is -3.22. The number of hydrogen-bond acceptors (Lipinski definition) is 3. The molecule has 1 amide bonds. The van der Waals surface area contributed by atoms with Gasteiger partial charge in [0.05, 0.1) is 10.9 Å². The van der Waals surface area contributed by atoms with Gasteiger partial charge in [-0.25, -0.2) is 8.42 Å². The molecule has 1 atom stereocenters. The molecule has 1 unspecified atom stereocenters. The summed E-state index contributed by atoms with van der Waals surface area (Å²) in [5.74, 6) is -0.106. The lowest BCUT2D eigenvalue weighted by Gasteiger charge is -2.15. The Kier molecular flexibility index (Phi) is 6.49. The average molecular weight is 400 g/mol. The number of carbonyl (C=O) groups excluding carboxylic acids is 1. The largest absolute Gasteiger partial charge is 0.350 e. The molecule has 0 bridgehead atoms. The third kappa shape index (κ3) is 5.73. The highest BCUT2D eigenvalue weighted by molar-refractivity contribution is 7.90. The monoisotopic (exact) mass is 399 g/mol. The van der Waals surface area contributed by atoms with Gasteiger partial charge in [-0.2, -0.15) is 0 Å². The summed E-state index contributed by atoms with van der Waals surface area (Å²) in [6.45, 7) is 1.85. The van der Waals surface area contributed by atoms with Crippen LogP contribution < -0.4 is 5.32 Å². The third-order valence-corrected chi connectivity index (χ3v) is 5.54. The van der Waals surface area contributed by atoms with Crippen molar-refractivity contribution in [1.29, 1.82) is 0 Å². The molecule has 0 aliphatic rings. The summed E-state index contributed by atoms with van der Waals surface area (Å²) in [6, 6.07) is 11.5. The van der Waals surface area contributed by atoms with Crippen LogP contribution in [0.4, 0.5) is 0 Å². The maximum absolute atomic E-state index is 12.1. The molecule has 2 rings (SSSR count). The van der Waals surface area contributed by atoms with E-state index in [9.17, 15) is 13.2 Å². The van der Waals surface area contributed by atoms with Crippen LogP contribution in [0.25, 0.3) is 0 Å². The van der Waals surface area contributed by atoms with Gasteiger partial charge in [0.2, 0.25) is 5.91 Å². The van der Waals surface area contributed by atoms with E-state index in [0.29, 0.717) is 22.9 Å². The Morgan fingerprint density at radius 1 is 1.12 bits per heavy atom. The lowest BCUT2D eigenvalue weighted by atomic mass is 10.1. The highest BCUT2D eigenvalue weighted by Crippen LogP contribution is 2.22. The SMILES string of the molecule is CC(NC(=O)CCc1ccc(Cl)cc1Cl)c1ccc(S(C)(=O)=O)cc1. The summed E-state index contributed by atoms with van der Waals surface area (Å²) in [5.41, 5.74) is 1.71. The van der Waals surface area contributed by atoms with E-state index in [-0.39, 0.29) is 16.8 Å². The molecule has 0 heterocycles. The minimum Gasteiger partial charge on any atom is -0.350 e. The van der Waals surface area contributed by atoms with E-state index in [4.69, 9.17) is 23.2 Å². The van der Waals surface area contributed by atoms with E-state index >= 15 is 0 Å². The molecule has 0 aromatic heterocycles. The summed E-state index contributed by atoms with van der Waals surface area (Å²) in [6.07, 6.45) is 1.98. The molecule has 0 saturated carbocycles. The van der Waals surface area contributed by atoms with Gasteiger partial charge in [-0.1, -0.05) is 41.4 Å². The molecule has 0 aliphatic carbocycles. The average Bonchev–Trinajstić information content (AvgIpc) is 2.53. The van der Waals surface area contributed by atoms with Crippen LogP contribution in [0.2, 0.25) is 10.0 Å². The van der Waals surface area contributed by atoms with E-state index < -0.39 is 9.84 Å². The molecule has 7 heteroatoms. The second kappa shape index (κ2) is 8.21. The predicted octanol–water partition coefficient (Wildman–Crippen LogP) is 4.21. The zero-order valence-electron chi connectivity index (χ0n) is 13.9. The van der Waals surface area contributed by atoms with Crippen molar-refractivity contribution in [1.82, 2.24) is 5.32 Å². The van der Waals surface area contributed by atoms with Crippen molar-refractivity contribution >= 4 is 38.9 Å². The summed E-state index contributed by atoms with van der Waals surface area (Å²) >= 11 is 12.0. The first-order valence-corrected chi connectivity index (χ1v) is 10.3. The predicted molar refractivity (Wildman–Crippen MR) is 101 cm³/mol. The van der Waals surface area contributed by atoms with Crippen LogP contribution in [0.1, 0.15) is 30.5 Å². The molecule has 134 valence electrons. The summed E-state index contributed by atoms with van der Waals surface area (Å²) in [4.78, 5) is 12.4. The van der Waals surface area contributed by atoms with E-state index in [1.807, 2.05) is 13.0 Å². The Balaban J connectivity index is 1.93. The maximum atomic E-state index is 12.1. The van der Waals surface area contributed by atoms with Gasteiger partial charge >= 0.3 is 0 Å². The molecule has 0 saturated heterocycles. The van der Waals surface area contributed by atoms with Crippen molar-refractivity contribution in [2.45, 2.75) is 30.7 Å². The molecule has 4 nitrogen and oxygen atoms in total. The van der Waals surface area contributed by atoms with Gasteiger partial charge < -0.3 is 5.32 Å². The molecule has 1 N–H and O–H groups in total. The van der Waals surface area contributed by atoms with Crippen molar-refractivity contribution in [3.05, 3.63) is 63.6 Å². The summed E-state index contributed by atoms with van der Waals surface area (Å²) < 4.78 is 22.9. The molecular formula is C18H19Cl2NO3S. The number of halogens is 2. The topological polar surface area (TPSA) is 63.2 Å². The van der Waals surface area contributed by atoms with Crippen LogP contribution in [0.5, 0.6) is 0 Å². The zero-order valence-corrected chi connectivity index (χ0v) is 16.3. The van der Waals surface area contributed by atoms with E-state index in [2.05, 4.69) is 5.32 Å². The molecule has 0 spiro atoms. The number of benzene rings is 2. The van der Waals surface area contributed by atoms with Gasteiger partial charge in [0.1, 0.15) is 0 Å². The molecular weight excluding hydrogens is 381 g/mol. The first-order valence-electron chi connectivity index (χ1n) is 7.70. The van der Waals surface area contributed by atoms with Crippen LogP contribution in [0.15, 0.2) is 47.4 Å². The fourth-order valence-electron chi connectivity index (χ4n) is 2.37. The molecule has 25 heavy (non-hydrogen) atoms. The van der Waals surface area contributed by atoms with E-state index in [0.717, 1.165) is 17.4 Å². The van der Waals surface area contributed by atoms with Crippen LogP contribution >= 0.6 is 23.2 Å². The number of sulfone groups is 1. The molecule has 2 aromatic rings. The third-order valence-electron chi connectivity index (χ3n) is 3.82. The van der Waals surface area contributed by atoms with Gasteiger partial charge in [-0.15, -0.1) is 0 Å². The lowest BCUT2D eigenvalue weighted by Crippen LogP contribution is -2.26. The van der Waals surface area contributed by atoms with Gasteiger partial charge in [0, 0.05) is 22.7 Å². The molecule has 2 aromatic carbocycles. The smallest absolute Gasteiger partial charge is 0.220 e. The van der Waals surface area contributed by atoms with Crippen molar-refractivity contribution in [2.24, 2.45) is 0 Å². The lowest BCUT2D eigenvalue weighted by molar-refractivity contribution is -0.121. The van der Waals surface area contributed by atoms with Crippen molar-refractivity contribution < 1.29 is 13.2 Å². The van der Waals surface area contributed by atoms with Crippen LogP contribution in [0, 0.1) is 0 Å². The van der Waals surface area contributed by atoms with Gasteiger partial charge in [0.25, 0.3) is 0 Å². The highest BCUT2D eigenvalue weighted by Gasteiger charge is 2.12. The normalized spacial score (nSPS) is 12.6. The standard InChI is InChI=1S/C18H19Cl2NO3S/c1-12(13-4-8-16(9-5-13)25(2,23)24)21-18(22)10-6-14-3-7-15(19)11-17(14)20/h3-5,7-9,11-12H,6,10H2,1-2H3,(H,21,22). The fourth-order valence-corrected chi connectivity index (χ4v) is 3.51. The van der Waals surface area contributed by atoms with Crippen molar-refractivity contribution in [3.63, 3.8) is 0 Å². The fraction of sp³-hybridized carbons (Fsp3) is 0.278. The second-order valence-electron chi connectivity index (χ2n) is 5.87. The quantitative estimate of drug-likeness (QED) is 0.790. The first-order chi connectivity index (χ1) is 11.7. The number of amides is 1. The van der Waals surface area contributed by atoms with E-state index in [1.165, 1.54) is 0 Å². The van der Waals surface area contributed by atoms with Gasteiger partial charge in [-0.05, 0) is 48.7 Å². The second-order valence-corrected chi connectivity index (χ2v) is 8.73.